The number of hydrogen-bond donors (Lipinski definition) is 0. The SMILES string of the molecule is O=Cc1ccc(C(=O)O[C@H](C(=O)N2CCOCC2)c2ccccc2)cc1. The third-order valence-corrected chi connectivity index (χ3v) is 4.16. The molecular weight excluding hydrogens is 334 g/mol. The lowest BCUT2D eigenvalue weighted by atomic mass is 10.1. The minimum absolute atomic E-state index is 0.266. The first-order chi connectivity index (χ1) is 12.7. The molecule has 1 amide bonds. The molecule has 1 heterocycles. The van der Waals surface area contributed by atoms with E-state index >= 15 is 0 Å². The summed E-state index contributed by atoms with van der Waals surface area (Å²) in [5.74, 6) is -0.879. The number of ether oxygens (including phenoxy) is 2. The molecule has 0 unspecified atom stereocenters. The van der Waals surface area contributed by atoms with Crippen molar-refractivity contribution < 1.29 is 23.9 Å². The molecule has 26 heavy (non-hydrogen) atoms. The van der Waals surface area contributed by atoms with Gasteiger partial charge in [0.2, 0.25) is 6.10 Å². The van der Waals surface area contributed by atoms with Crippen LogP contribution in [0.25, 0.3) is 0 Å². The Balaban J connectivity index is 1.81. The lowest BCUT2D eigenvalue weighted by Crippen LogP contribution is -2.44. The molecule has 0 spiro atoms. The third kappa shape index (κ3) is 4.15. The van der Waals surface area contributed by atoms with Gasteiger partial charge in [0.15, 0.2) is 0 Å². The van der Waals surface area contributed by atoms with Gasteiger partial charge in [-0.25, -0.2) is 4.79 Å². The summed E-state index contributed by atoms with van der Waals surface area (Å²) in [6, 6.07) is 15.0. The predicted molar refractivity (Wildman–Crippen MR) is 93.8 cm³/mol. The summed E-state index contributed by atoms with van der Waals surface area (Å²) in [6.45, 7) is 1.87. The Morgan fingerprint density at radius 3 is 2.27 bits per heavy atom. The topological polar surface area (TPSA) is 72.9 Å². The highest BCUT2D eigenvalue weighted by Crippen LogP contribution is 2.22. The standard InChI is InChI=1S/C20H19NO5/c22-14-15-6-8-17(9-7-15)20(24)26-18(16-4-2-1-3-5-16)19(23)21-10-12-25-13-11-21/h1-9,14,18H,10-13H2/t18-/m0/s1. The molecule has 6 heteroatoms. The van der Waals surface area contributed by atoms with E-state index in [-0.39, 0.29) is 11.5 Å². The van der Waals surface area contributed by atoms with Crippen LogP contribution >= 0.6 is 0 Å². The van der Waals surface area contributed by atoms with Crippen molar-refractivity contribution in [2.45, 2.75) is 6.10 Å². The van der Waals surface area contributed by atoms with Crippen LogP contribution in [0.3, 0.4) is 0 Å². The van der Waals surface area contributed by atoms with Crippen LogP contribution in [0.15, 0.2) is 54.6 Å². The number of carbonyl (C=O) groups is 3. The summed E-state index contributed by atoms with van der Waals surface area (Å²) in [5, 5.41) is 0. The second-order valence-electron chi connectivity index (χ2n) is 5.87. The number of hydrogen-bond acceptors (Lipinski definition) is 5. The Morgan fingerprint density at radius 1 is 1.00 bits per heavy atom. The van der Waals surface area contributed by atoms with Crippen molar-refractivity contribution >= 4 is 18.2 Å². The van der Waals surface area contributed by atoms with E-state index in [0.717, 1.165) is 0 Å². The summed E-state index contributed by atoms with van der Waals surface area (Å²) < 4.78 is 10.8. The first-order valence-electron chi connectivity index (χ1n) is 8.37. The van der Waals surface area contributed by atoms with Crippen LogP contribution < -0.4 is 0 Å². The highest BCUT2D eigenvalue weighted by Gasteiger charge is 2.30. The van der Waals surface area contributed by atoms with Gasteiger partial charge in [-0.15, -0.1) is 0 Å². The van der Waals surface area contributed by atoms with Crippen LogP contribution in [0.5, 0.6) is 0 Å². The van der Waals surface area contributed by atoms with Gasteiger partial charge in [-0.1, -0.05) is 42.5 Å². The van der Waals surface area contributed by atoms with Crippen molar-refractivity contribution in [3.05, 3.63) is 71.3 Å². The minimum atomic E-state index is -1.02. The highest BCUT2D eigenvalue weighted by molar-refractivity contribution is 5.93. The largest absolute Gasteiger partial charge is 0.444 e. The Hall–Kier alpha value is -2.99. The van der Waals surface area contributed by atoms with E-state index in [9.17, 15) is 14.4 Å². The van der Waals surface area contributed by atoms with E-state index < -0.39 is 12.1 Å². The van der Waals surface area contributed by atoms with Gasteiger partial charge in [0.25, 0.3) is 5.91 Å². The molecule has 0 saturated carbocycles. The highest BCUT2D eigenvalue weighted by atomic mass is 16.5. The van der Waals surface area contributed by atoms with E-state index in [0.29, 0.717) is 43.7 Å². The van der Waals surface area contributed by atoms with Gasteiger partial charge in [-0.2, -0.15) is 0 Å². The Labute approximate surface area is 151 Å². The van der Waals surface area contributed by atoms with Crippen molar-refractivity contribution in [3.63, 3.8) is 0 Å². The maximum Gasteiger partial charge on any atom is 0.339 e. The fraction of sp³-hybridized carbons (Fsp3) is 0.250. The minimum Gasteiger partial charge on any atom is -0.444 e. The van der Waals surface area contributed by atoms with Crippen LogP contribution in [0.2, 0.25) is 0 Å². The molecule has 1 fully saturated rings. The van der Waals surface area contributed by atoms with Crippen molar-refractivity contribution in [2.75, 3.05) is 26.3 Å². The zero-order valence-corrected chi connectivity index (χ0v) is 14.2. The van der Waals surface area contributed by atoms with Crippen molar-refractivity contribution in [1.29, 1.82) is 0 Å². The van der Waals surface area contributed by atoms with Gasteiger partial charge in [0.1, 0.15) is 6.29 Å². The number of aldehydes is 1. The van der Waals surface area contributed by atoms with E-state index in [4.69, 9.17) is 9.47 Å². The van der Waals surface area contributed by atoms with Crippen molar-refractivity contribution in [3.8, 4) is 0 Å². The molecule has 0 bridgehead atoms. The zero-order valence-electron chi connectivity index (χ0n) is 14.2. The monoisotopic (exact) mass is 353 g/mol. The quantitative estimate of drug-likeness (QED) is 0.609. The Bertz CT molecular complexity index is 767. The number of rotatable bonds is 5. The molecule has 3 rings (SSSR count). The maximum atomic E-state index is 12.9. The normalized spacial score (nSPS) is 15.2. The average molecular weight is 353 g/mol. The maximum absolute atomic E-state index is 12.9. The number of esters is 1. The van der Waals surface area contributed by atoms with E-state index in [1.807, 2.05) is 6.07 Å². The summed E-state index contributed by atoms with van der Waals surface area (Å²) in [6.07, 6.45) is -0.323. The van der Waals surface area contributed by atoms with Gasteiger partial charge in [0, 0.05) is 24.2 Å². The summed E-state index contributed by atoms with van der Waals surface area (Å²) in [5.41, 5.74) is 1.36. The predicted octanol–water partition coefficient (Wildman–Crippen LogP) is 2.26. The number of nitrogens with zero attached hydrogens (tertiary/aromatic N) is 1. The van der Waals surface area contributed by atoms with Crippen LogP contribution in [-0.4, -0.2) is 49.4 Å². The van der Waals surface area contributed by atoms with Gasteiger partial charge in [0.05, 0.1) is 18.8 Å². The summed E-state index contributed by atoms with van der Waals surface area (Å²) >= 11 is 0. The van der Waals surface area contributed by atoms with Gasteiger partial charge in [-0.05, 0) is 12.1 Å². The molecule has 2 aromatic carbocycles. The fourth-order valence-electron chi connectivity index (χ4n) is 2.71. The summed E-state index contributed by atoms with van der Waals surface area (Å²) in [4.78, 5) is 37.8. The molecule has 2 aromatic rings. The van der Waals surface area contributed by atoms with Crippen LogP contribution in [0.1, 0.15) is 32.4 Å². The molecule has 0 N–H and O–H groups in total. The van der Waals surface area contributed by atoms with Gasteiger partial charge >= 0.3 is 5.97 Å². The molecule has 0 aromatic heterocycles. The number of benzene rings is 2. The van der Waals surface area contributed by atoms with Crippen LogP contribution in [0.4, 0.5) is 0 Å². The first kappa shape index (κ1) is 17.8. The second-order valence-corrected chi connectivity index (χ2v) is 5.87. The van der Waals surface area contributed by atoms with Crippen molar-refractivity contribution in [2.24, 2.45) is 0 Å². The molecule has 0 radical (unpaired) electrons. The molecule has 1 aliphatic heterocycles. The smallest absolute Gasteiger partial charge is 0.339 e. The molecule has 134 valence electrons. The second kappa shape index (κ2) is 8.40. The Morgan fingerprint density at radius 2 is 1.65 bits per heavy atom. The summed E-state index contributed by atoms with van der Waals surface area (Å²) in [7, 11) is 0. The first-order valence-corrected chi connectivity index (χ1v) is 8.37. The van der Waals surface area contributed by atoms with Crippen LogP contribution in [0, 0.1) is 0 Å². The Kier molecular flexibility index (Phi) is 5.76. The van der Waals surface area contributed by atoms with Gasteiger partial charge in [-0.3, -0.25) is 9.59 Å². The number of morpholine rings is 1. The number of amides is 1. The molecule has 1 aliphatic rings. The lowest BCUT2D eigenvalue weighted by molar-refractivity contribution is -0.145. The third-order valence-electron chi connectivity index (χ3n) is 4.16. The molecule has 6 nitrogen and oxygen atoms in total. The molecule has 1 saturated heterocycles. The zero-order chi connectivity index (χ0) is 18.4. The molecular formula is C20H19NO5. The average Bonchev–Trinajstić information content (AvgIpc) is 2.72. The van der Waals surface area contributed by atoms with E-state index in [1.54, 1.807) is 29.2 Å². The van der Waals surface area contributed by atoms with Crippen LogP contribution in [-0.2, 0) is 14.3 Å². The van der Waals surface area contributed by atoms with Gasteiger partial charge < -0.3 is 14.4 Å². The van der Waals surface area contributed by atoms with Crippen molar-refractivity contribution in [1.82, 2.24) is 4.90 Å². The fourth-order valence-corrected chi connectivity index (χ4v) is 2.71. The number of carbonyl (C=O) groups excluding carboxylic acids is 3. The molecule has 1 atom stereocenters. The lowest BCUT2D eigenvalue weighted by Gasteiger charge is -2.30. The molecule has 0 aliphatic carbocycles. The van der Waals surface area contributed by atoms with E-state index in [2.05, 4.69) is 0 Å². The van der Waals surface area contributed by atoms with E-state index in [1.165, 1.54) is 24.3 Å².